The van der Waals surface area contributed by atoms with E-state index in [9.17, 15) is 9.59 Å². The summed E-state index contributed by atoms with van der Waals surface area (Å²) >= 11 is 0. The molecule has 0 radical (unpaired) electrons. The predicted molar refractivity (Wildman–Crippen MR) is 121 cm³/mol. The third kappa shape index (κ3) is 5.64. The number of amides is 2. The number of carbonyl (C=O) groups excluding carboxylic acids is 2. The lowest BCUT2D eigenvalue weighted by Gasteiger charge is -2.38. The summed E-state index contributed by atoms with van der Waals surface area (Å²) in [4.78, 5) is 28.5. The summed E-state index contributed by atoms with van der Waals surface area (Å²) in [6.45, 7) is 4.92. The number of rotatable bonds is 7. The molecule has 31 heavy (non-hydrogen) atoms. The van der Waals surface area contributed by atoms with E-state index >= 15 is 0 Å². The SMILES string of the molecule is C[C@H]1C[C@@H](NC(=O)COc2ccc(N3CCCC3=O)cc2)CCN1Cc1ccccc1. The Balaban J connectivity index is 1.20. The highest BCUT2D eigenvalue weighted by atomic mass is 16.5. The zero-order chi connectivity index (χ0) is 21.6. The van der Waals surface area contributed by atoms with Crippen LogP contribution in [-0.2, 0) is 16.1 Å². The minimum Gasteiger partial charge on any atom is -0.484 e. The van der Waals surface area contributed by atoms with E-state index in [4.69, 9.17) is 4.74 Å². The standard InChI is InChI=1S/C25H31N3O3/c1-19-16-21(13-15-27(19)17-20-6-3-2-4-7-20)26-24(29)18-31-23-11-9-22(10-12-23)28-14-5-8-25(28)30/h2-4,6-7,9-12,19,21H,5,8,13-18H2,1H3,(H,26,29)/t19-,21-/m0/s1. The van der Waals surface area contributed by atoms with Crippen LogP contribution in [0, 0.1) is 0 Å². The zero-order valence-corrected chi connectivity index (χ0v) is 18.1. The molecule has 0 bridgehead atoms. The molecule has 2 aromatic rings. The highest BCUT2D eigenvalue weighted by molar-refractivity contribution is 5.95. The van der Waals surface area contributed by atoms with Gasteiger partial charge in [-0.3, -0.25) is 14.5 Å². The van der Waals surface area contributed by atoms with E-state index in [1.165, 1.54) is 5.56 Å². The number of anilines is 1. The summed E-state index contributed by atoms with van der Waals surface area (Å²) in [5.74, 6) is 0.709. The molecule has 6 nitrogen and oxygen atoms in total. The summed E-state index contributed by atoms with van der Waals surface area (Å²) in [7, 11) is 0. The number of hydrogen-bond donors (Lipinski definition) is 1. The van der Waals surface area contributed by atoms with Gasteiger partial charge >= 0.3 is 0 Å². The molecule has 0 saturated carbocycles. The minimum atomic E-state index is -0.0903. The van der Waals surface area contributed by atoms with Crippen molar-refractivity contribution in [2.24, 2.45) is 0 Å². The van der Waals surface area contributed by atoms with Gasteiger partial charge in [0.15, 0.2) is 6.61 Å². The summed E-state index contributed by atoms with van der Waals surface area (Å²) in [5.41, 5.74) is 2.21. The van der Waals surface area contributed by atoms with Crippen molar-refractivity contribution in [1.29, 1.82) is 0 Å². The van der Waals surface area contributed by atoms with Gasteiger partial charge in [0.1, 0.15) is 5.75 Å². The van der Waals surface area contributed by atoms with Gasteiger partial charge in [0.05, 0.1) is 0 Å². The molecule has 2 aliphatic heterocycles. The molecule has 0 spiro atoms. The van der Waals surface area contributed by atoms with E-state index in [0.717, 1.165) is 44.6 Å². The smallest absolute Gasteiger partial charge is 0.258 e. The summed E-state index contributed by atoms with van der Waals surface area (Å²) in [5, 5.41) is 3.12. The van der Waals surface area contributed by atoms with Crippen LogP contribution in [0.4, 0.5) is 5.69 Å². The second kappa shape index (κ2) is 9.96. The van der Waals surface area contributed by atoms with Gasteiger partial charge in [-0.15, -0.1) is 0 Å². The van der Waals surface area contributed by atoms with Gasteiger partial charge in [0, 0.05) is 43.8 Å². The van der Waals surface area contributed by atoms with Crippen LogP contribution in [0.1, 0.15) is 38.2 Å². The molecular formula is C25H31N3O3. The fourth-order valence-corrected chi connectivity index (χ4v) is 4.47. The fourth-order valence-electron chi connectivity index (χ4n) is 4.47. The number of carbonyl (C=O) groups is 2. The third-order valence-corrected chi connectivity index (χ3v) is 6.20. The highest BCUT2D eigenvalue weighted by Gasteiger charge is 2.26. The molecule has 2 aliphatic rings. The van der Waals surface area contributed by atoms with Crippen molar-refractivity contribution in [3.05, 3.63) is 60.2 Å². The second-order valence-electron chi connectivity index (χ2n) is 8.53. The Morgan fingerprint density at radius 3 is 2.55 bits per heavy atom. The average molecular weight is 422 g/mol. The van der Waals surface area contributed by atoms with Crippen LogP contribution in [0.5, 0.6) is 5.75 Å². The normalized spacial score (nSPS) is 21.8. The Hall–Kier alpha value is -2.86. The molecule has 2 aromatic carbocycles. The fraction of sp³-hybridized carbons (Fsp3) is 0.440. The lowest BCUT2D eigenvalue weighted by Crippen LogP contribution is -2.49. The van der Waals surface area contributed by atoms with Gasteiger partial charge in [0.2, 0.25) is 5.91 Å². The molecule has 2 atom stereocenters. The van der Waals surface area contributed by atoms with Gasteiger partial charge in [-0.1, -0.05) is 30.3 Å². The number of hydrogen-bond acceptors (Lipinski definition) is 4. The number of nitrogens with zero attached hydrogens (tertiary/aromatic N) is 2. The molecule has 2 heterocycles. The monoisotopic (exact) mass is 421 g/mol. The van der Waals surface area contributed by atoms with Crippen molar-refractivity contribution in [3.8, 4) is 5.75 Å². The lowest BCUT2D eigenvalue weighted by atomic mass is 9.97. The first kappa shape index (κ1) is 21.4. The van der Waals surface area contributed by atoms with Gasteiger partial charge in [-0.25, -0.2) is 0 Å². The molecule has 2 fully saturated rings. The van der Waals surface area contributed by atoms with E-state index in [1.807, 2.05) is 30.3 Å². The molecule has 0 unspecified atom stereocenters. The largest absolute Gasteiger partial charge is 0.484 e. The second-order valence-corrected chi connectivity index (χ2v) is 8.53. The third-order valence-electron chi connectivity index (χ3n) is 6.20. The van der Waals surface area contributed by atoms with Crippen LogP contribution in [0.25, 0.3) is 0 Å². The molecule has 1 N–H and O–H groups in total. The maximum Gasteiger partial charge on any atom is 0.258 e. The van der Waals surface area contributed by atoms with Crippen LogP contribution in [0.15, 0.2) is 54.6 Å². The number of piperidine rings is 1. The van der Waals surface area contributed by atoms with Crippen LogP contribution in [-0.4, -0.2) is 48.5 Å². The number of benzene rings is 2. The predicted octanol–water partition coefficient (Wildman–Crippen LogP) is 3.36. The van der Waals surface area contributed by atoms with Crippen molar-refractivity contribution < 1.29 is 14.3 Å². The molecule has 2 saturated heterocycles. The van der Waals surface area contributed by atoms with Crippen molar-refractivity contribution in [3.63, 3.8) is 0 Å². The first-order valence-corrected chi connectivity index (χ1v) is 11.2. The number of ether oxygens (including phenoxy) is 1. The van der Waals surface area contributed by atoms with Crippen LogP contribution in [0.3, 0.4) is 0 Å². The van der Waals surface area contributed by atoms with Gasteiger partial charge in [-0.2, -0.15) is 0 Å². The van der Waals surface area contributed by atoms with Crippen molar-refractivity contribution >= 4 is 17.5 Å². The maximum atomic E-state index is 12.4. The highest BCUT2D eigenvalue weighted by Crippen LogP contribution is 2.24. The first-order chi connectivity index (χ1) is 15.1. The first-order valence-electron chi connectivity index (χ1n) is 11.2. The molecule has 0 aliphatic carbocycles. The van der Waals surface area contributed by atoms with E-state index in [-0.39, 0.29) is 24.5 Å². The quantitative estimate of drug-likeness (QED) is 0.745. The number of likely N-dealkylation sites (tertiary alicyclic amines) is 1. The molecule has 0 aromatic heterocycles. The van der Waals surface area contributed by atoms with Crippen LogP contribution < -0.4 is 15.0 Å². The minimum absolute atomic E-state index is 0.000597. The Morgan fingerprint density at radius 2 is 1.87 bits per heavy atom. The summed E-state index contributed by atoms with van der Waals surface area (Å²) < 4.78 is 5.65. The van der Waals surface area contributed by atoms with E-state index < -0.39 is 0 Å². The van der Waals surface area contributed by atoms with Crippen LogP contribution in [0.2, 0.25) is 0 Å². The van der Waals surface area contributed by atoms with Gasteiger partial charge < -0.3 is 15.0 Å². The summed E-state index contributed by atoms with van der Waals surface area (Å²) in [6.07, 6.45) is 3.40. The summed E-state index contributed by atoms with van der Waals surface area (Å²) in [6, 6.07) is 18.5. The zero-order valence-electron chi connectivity index (χ0n) is 18.1. The van der Waals surface area contributed by atoms with Crippen molar-refractivity contribution in [2.45, 2.75) is 51.2 Å². The van der Waals surface area contributed by atoms with E-state index in [2.05, 4.69) is 41.4 Å². The Labute approximate surface area is 184 Å². The molecule has 6 heteroatoms. The van der Waals surface area contributed by atoms with Crippen molar-refractivity contribution in [2.75, 3.05) is 24.6 Å². The van der Waals surface area contributed by atoms with E-state index in [1.54, 1.807) is 4.90 Å². The average Bonchev–Trinajstić information content (AvgIpc) is 3.21. The Kier molecular flexibility index (Phi) is 6.87. The number of nitrogens with one attached hydrogen (secondary N) is 1. The van der Waals surface area contributed by atoms with Crippen LogP contribution >= 0.6 is 0 Å². The van der Waals surface area contributed by atoms with Crippen molar-refractivity contribution in [1.82, 2.24) is 10.2 Å². The van der Waals surface area contributed by atoms with Gasteiger partial charge in [-0.05, 0) is 56.0 Å². The van der Waals surface area contributed by atoms with Gasteiger partial charge in [0.25, 0.3) is 5.91 Å². The Morgan fingerprint density at radius 1 is 1.10 bits per heavy atom. The molecule has 164 valence electrons. The molecule has 4 rings (SSSR count). The maximum absolute atomic E-state index is 12.4. The van der Waals surface area contributed by atoms with E-state index in [0.29, 0.717) is 18.2 Å². The Bertz CT molecular complexity index is 885. The lowest BCUT2D eigenvalue weighted by molar-refractivity contribution is -0.124. The molecular weight excluding hydrogens is 390 g/mol. The molecule has 2 amide bonds. The topological polar surface area (TPSA) is 61.9 Å².